The second-order valence-corrected chi connectivity index (χ2v) is 17.7. The predicted octanol–water partition coefficient (Wildman–Crippen LogP) is 8.76. The van der Waals surface area contributed by atoms with Gasteiger partial charge >= 0.3 is 38.4 Å². The molecule has 0 saturated carbocycles. The molecule has 61 heavy (non-hydrogen) atoms. The maximum absolute atomic E-state index is 15.1. The minimum absolute atomic E-state index is 0. The van der Waals surface area contributed by atoms with E-state index in [1.807, 2.05) is 0 Å². The van der Waals surface area contributed by atoms with Crippen molar-refractivity contribution in [2.24, 2.45) is 16.0 Å². The lowest BCUT2D eigenvalue weighted by Crippen LogP contribution is -2.54. The van der Waals surface area contributed by atoms with E-state index in [1.54, 1.807) is 0 Å². The summed E-state index contributed by atoms with van der Waals surface area (Å²) in [5.41, 5.74) is -7.79. The lowest BCUT2D eigenvalue weighted by atomic mass is 9.99. The molecule has 0 fully saturated rings. The van der Waals surface area contributed by atoms with E-state index in [0.29, 0.717) is 0 Å². The monoisotopic (exact) mass is 989 g/mol. The Morgan fingerprint density at radius 1 is 0.689 bits per heavy atom. The number of halogens is 8. The van der Waals surface area contributed by atoms with Gasteiger partial charge in [0.05, 0.1) is 0 Å². The molecule has 2 atom stereocenters. The van der Waals surface area contributed by atoms with Crippen LogP contribution in [0.15, 0.2) is 81.4 Å². The first-order valence-corrected chi connectivity index (χ1v) is 19.9. The Morgan fingerprint density at radius 2 is 1.08 bits per heavy atom. The second-order valence-electron chi connectivity index (χ2n) is 12.2. The number of carbonyl (C=O) groups excluding carboxylic acids is 3. The van der Waals surface area contributed by atoms with E-state index in [1.165, 1.54) is 0 Å². The minimum Gasteiger partial charge on any atom is -0.369 e. The Labute approximate surface area is 352 Å². The molecule has 3 amide bonds. The van der Waals surface area contributed by atoms with Crippen LogP contribution < -0.4 is 41.0 Å². The van der Waals surface area contributed by atoms with Crippen molar-refractivity contribution in [3.05, 3.63) is 105 Å². The van der Waals surface area contributed by atoms with Crippen molar-refractivity contribution in [2.75, 3.05) is 28.4 Å². The number of quaternary nitrogens is 4. The summed E-state index contributed by atoms with van der Waals surface area (Å²) in [5.74, 6) is -3.32. The van der Waals surface area contributed by atoms with Gasteiger partial charge in [-0.2, -0.15) is 30.7 Å². The van der Waals surface area contributed by atoms with Crippen LogP contribution in [0.5, 0.6) is 0 Å². The Morgan fingerprint density at radius 3 is 1.43 bits per heavy atom. The number of benzene rings is 3. The van der Waals surface area contributed by atoms with Gasteiger partial charge in [0.15, 0.2) is 0 Å². The highest BCUT2D eigenvalue weighted by molar-refractivity contribution is 9.10. The van der Waals surface area contributed by atoms with E-state index in [2.05, 4.69) is 54.9 Å². The second kappa shape index (κ2) is 21.3. The number of nitrogens with zero attached hydrogens (tertiary/aromatic N) is 2. The van der Waals surface area contributed by atoms with Crippen molar-refractivity contribution < 1.29 is 72.3 Å². The molecule has 0 saturated heterocycles. The summed E-state index contributed by atoms with van der Waals surface area (Å²) in [5, 5.41) is 10.9. The molecule has 1 aliphatic heterocycles. The first-order chi connectivity index (χ1) is 26.4. The van der Waals surface area contributed by atoms with Crippen molar-refractivity contribution >= 4 is 48.8 Å². The number of rotatable bonds is 18. The van der Waals surface area contributed by atoms with Crippen LogP contribution in [0.25, 0.3) is 0 Å². The number of nitrogens with two attached hydrogens (primary N) is 1. The van der Waals surface area contributed by atoms with Gasteiger partial charge in [-0.15, -0.1) is 10.2 Å². The van der Waals surface area contributed by atoms with Crippen LogP contribution in [-0.2, 0) is 66.6 Å². The van der Waals surface area contributed by atoms with Gasteiger partial charge in [0.2, 0.25) is 11.8 Å². The van der Waals surface area contributed by atoms with Crippen LogP contribution in [0, 0.1) is 0 Å². The zero-order valence-corrected chi connectivity index (χ0v) is 37.4. The molecule has 0 aromatic heterocycles. The fraction of sp³-hybridized carbons (Fsp3) is 0.364. The quantitative estimate of drug-likeness (QED) is 0.0472. The Bertz CT molecular complexity index is 2120. The first-order valence-electron chi connectivity index (χ1n) is 16.0. The maximum Gasteiger partial charge on any atom is 0.442 e. The van der Waals surface area contributed by atoms with E-state index in [0.717, 1.165) is 95.2 Å². The van der Waals surface area contributed by atoms with Gasteiger partial charge in [0.25, 0.3) is 5.91 Å². The molecular formula is C33H49BrF7N9O9P2+4. The van der Waals surface area contributed by atoms with Gasteiger partial charge in [0, 0.05) is 68.0 Å². The summed E-state index contributed by atoms with van der Waals surface area (Å²) in [6, 6.07) is 7.70. The number of amides is 3. The van der Waals surface area contributed by atoms with Gasteiger partial charge in [-0.3, -0.25) is 23.5 Å². The zero-order chi connectivity index (χ0) is 42.8. The van der Waals surface area contributed by atoms with Crippen LogP contribution >= 0.6 is 31.1 Å². The average Bonchev–Trinajstić information content (AvgIpc) is 4.00. The topological polar surface area (TPSA) is 343 Å². The molecule has 0 bridgehead atoms. The molecule has 0 unspecified atom stereocenters. The highest BCUT2D eigenvalue weighted by Gasteiger charge is 2.65. The third kappa shape index (κ3) is 11.6. The number of alkyl halides is 7. The lowest BCUT2D eigenvalue weighted by Gasteiger charge is -2.25. The minimum atomic E-state index is -4.97. The standard InChI is InChI=1S/C33H33BrF7N5O9P2.4H3N/c1-52-56(50,53-2)31(35,36)21-9-5-18(6-10-21)13-25(27(42)47)43-29(49)26(14-19-7-11-22(12-8-19)32(37,38)57(51,54-3)55-4)44-28(48)20-15-23(17-24(34)16-20)30(45-46-30)33(39,40)41;;;;/h5-12,15-17,25-26H,13-14H2,1-4H3,(H2,42,47)(H,43,49)(H,44,48);4*1H3/p+4/t25-,26-;;;;/m0..../s1. The molecule has 1 aliphatic rings. The Kier molecular flexibility index (Phi) is 19.8. The van der Waals surface area contributed by atoms with E-state index in [4.69, 9.17) is 5.73 Å². The molecular weight excluding hydrogens is 941 g/mol. The molecule has 3 aromatic carbocycles. The fourth-order valence-electron chi connectivity index (χ4n) is 5.39. The van der Waals surface area contributed by atoms with Crippen LogP contribution in [-0.4, -0.2) is 64.4 Å². The number of carbonyl (C=O) groups is 3. The lowest BCUT2D eigenvalue weighted by molar-refractivity contribution is -0.166. The van der Waals surface area contributed by atoms with Crippen LogP contribution in [0.4, 0.5) is 30.7 Å². The molecule has 342 valence electrons. The molecule has 4 rings (SSSR count). The summed E-state index contributed by atoms with van der Waals surface area (Å²) in [4.78, 5) is 39.8. The molecule has 18 nitrogen and oxygen atoms in total. The van der Waals surface area contributed by atoms with Gasteiger partial charge in [-0.25, -0.2) is 0 Å². The Balaban J connectivity index is 0.00000900. The van der Waals surface area contributed by atoms with Crippen LogP contribution in [0.3, 0.4) is 0 Å². The Hall–Kier alpha value is -4.20. The third-order valence-electron chi connectivity index (χ3n) is 8.67. The predicted molar refractivity (Wildman–Crippen MR) is 214 cm³/mol. The van der Waals surface area contributed by atoms with E-state index < -0.39 is 103 Å². The highest BCUT2D eigenvalue weighted by atomic mass is 79.9. The molecule has 20 N–H and O–H groups in total. The summed E-state index contributed by atoms with van der Waals surface area (Å²) < 4.78 is 144. The van der Waals surface area contributed by atoms with Crippen molar-refractivity contribution in [3.8, 4) is 0 Å². The molecule has 3 aromatic rings. The van der Waals surface area contributed by atoms with E-state index in [9.17, 15) is 45.5 Å². The van der Waals surface area contributed by atoms with Crippen LogP contribution in [0.2, 0.25) is 0 Å². The van der Waals surface area contributed by atoms with E-state index in [-0.39, 0.29) is 40.2 Å². The van der Waals surface area contributed by atoms with Crippen molar-refractivity contribution in [3.63, 3.8) is 0 Å². The highest BCUT2D eigenvalue weighted by Crippen LogP contribution is 2.66. The molecule has 0 spiro atoms. The van der Waals surface area contributed by atoms with Gasteiger partial charge in [0.1, 0.15) is 12.1 Å². The van der Waals surface area contributed by atoms with Gasteiger partial charge in [-0.1, -0.05) is 64.5 Å². The summed E-state index contributed by atoms with van der Waals surface area (Å²) >= 11 is 3.05. The summed E-state index contributed by atoms with van der Waals surface area (Å²) in [6.45, 7) is 0. The SMILES string of the molecule is COP(=O)(OC)C(F)(F)c1ccc(C[C@H](NC(=O)[C@H](Cc2ccc(C(F)(F)P(=O)(OC)OC)cc2)NC(=O)c2cc(Br)cc(C3(C(F)(F)F)N=N3)c2)C(N)=O)cc1.[NH4+].[NH4+].[NH4+].[NH4+]. The van der Waals surface area contributed by atoms with Crippen molar-refractivity contribution in [2.45, 2.75) is 48.1 Å². The number of primary amides is 1. The van der Waals surface area contributed by atoms with Gasteiger partial charge < -0.3 is 59.1 Å². The molecule has 0 radical (unpaired) electrons. The smallest absolute Gasteiger partial charge is 0.369 e. The normalized spacial score (nSPS) is 14.4. The van der Waals surface area contributed by atoms with E-state index >= 15 is 8.78 Å². The van der Waals surface area contributed by atoms with Crippen molar-refractivity contribution in [1.82, 2.24) is 35.2 Å². The first kappa shape index (κ1) is 56.8. The number of hydrogen-bond donors (Lipinski definition) is 7. The largest absolute Gasteiger partial charge is 0.442 e. The summed E-state index contributed by atoms with van der Waals surface area (Å²) in [7, 11) is -6.80. The van der Waals surface area contributed by atoms with Crippen molar-refractivity contribution in [1.29, 1.82) is 0 Å². The molecule has 1 heterocycles. The summed E-state index contributed by atoms with van der Waals surface area (Å²) in [6.07, 6.45) is -5.83. The molecule has 0 aliphatic carbocycles. The third-order valence-corrected chi connectivity index (χ3v) is 12.9. The maximum atomic E-state index is 15.1. The number of hydrogen-bond acceptors (Lipinski definition) is 11. The fourth-order valence-corrected chi connectivity index (χ4v) is 8.03. The molecule has 28 heteroatoms. The van der Waals surface area contributed by atoms with Gasteiger partial charge in [-0.05, 0) is 29.3 Å². The van der Waals surface area contributed by atoms with Crippen LogP contribution in [0.1, 0.15) is 38.2 Å². The zero-order valence-electron chi connectivity index (χ0n) is 34.0. The average molecular weight is 991 g/mol. The number of nitrogens with one attached hydrogen (secondary N) is 2.